The largest absolute Gasteiger partial charge is 0.462 e. The Kier molecular flexibility index (Phi) is 9.62. The second-order valence-corrected chi connectivity index (χ2v) is 23.9. The van der Waals surface area contributed by atoms with Gasteiger partial charge in [-0.15, -0.1) is 0 Å². The maximum absolute atomic E-state index is 12.2. The maximum Gasteiger partial charge on any atom is 0.306 e. The number of benzene rings is 1. The zero-order chi connectivity index (χ0) is 28.5. The molecule has 0 aromatic heterocycles. The second kappa shape index (κ2) is 11.7. The van der Waals surface area contributed by atoms with E-state index in [0.717, 1.165) is 12.8 Å². The molecule has 1 aliphatic carbocycles. The van der Waals surface area contributed by atoms with Crippen LogP contribution in [-0.4, -0.2) is 48.0 Å². The molecular weight excluding hydrogens is 509 g/mol. The summed E-state index contributed by atoms with van der Waals surface area (Å²) < 4.78 is 25.0. The summed E-state index contributed by atoms with van der Waals surface area (Å²) in [5.41, 5.74) is 2.41. The number of esters is 1. The van der Waals surface area contributed by atoms with Crippen molar-refractivity contribution in [2.24, 2.45) is 11.8 Å². The lowest BCUT2D eigenvalue weighted by atomic mass is 9.91. The Morgan fingerprint density at radius 2 is 1.66 bits per heavy atom. The van der Waals surface area contributed by atoms with Crippen LogP contribution in [0.3, 0.4) is 0 Å². The quantitative estimate of drug-likeness (QED) is 0.167. The van der Waals surface area contributed by atoms with Gasteiger partial charge in [0.1, 0.15) is 6.10 Å². The number of fused-ring (bicyclic) bond motifs is 1. The van der Waals surface area contributed by atoms with Crippen molar-refractivity contribution in [3.05, 3.63) is 47.5 Å². The molecule has 1 saturated heterocycles. The first-order valence-corrected chi connectivity index (χ1v) is 20.1. The minimum Gasteiger partial charge on any atom is -0.462 e. The minimum absolute atomic E-state index is 0.0441. The summed E-state index contributed by atoms with van der Waals surface area (Å²) in [5.74, 6) is 0.242. The molecule has 0 unspecified atom stereocenters. The number of carbonyl (C=O) groups excluding carboxylic acids is 1. The summed E-state index contributed by atoms with van der Waals surface area (Å²) in [6.45, 7) is 23.5. The third-order valence-electron chi connectivity index (χ3n) is 9.34. The van der Waals surface area contributed by atoms with Crippen LogP contribution >= 0.6 is 0 Å². The fourth-order valence-electron chi connectivity index (χ4n) is 5.05. The maximum atomic E-state index is 12.2. The minimum atomic E-state index is -2.02. The van der Waals surface area contributed by atoms with E-state index in [4.69, 9.17) is 18.3 Å². The average molecular weight is 561 g/mol. The Labute approximate surface area is 233 Å². The molecule has 3 rings (SSSR count). The molecule has 0 amide bonds. The Hall–Kier alpha value is -1.26. The highest BCUT2D eigenvalue weighted by atomic mass is 28.4. The van der Waals surface area contributed by atoms with Gasteiger partial charge in [0.05, 0.1) is 25.2 Å². The van der Waals surface area contributed by atoms with Crippen molar-refractivity contribution < 1.29 is 23.1 Å². The van der Waals surface area contributed by atoms with Gasteiger partial charge in [0.2, 0.25) is 0 Å². The summed E-state index contributed by atoms with van der Waals surface area (Å²) in [4.78, 5) is 12.2. The molecule has 1 aromatic rings. The number of hydrogen-bond acceptors (Lipinski definition) is 5. The normalized spacial score (nSPS) is 25.6. The molecule has 0 N–H and O–H groups in total. The van der Waals surface area contributed by atoms with E-state index in [1.165, 1.54) is 11.1 Å². The Balaban J connectivity index is 1.91. The fourth-order valence-corrected chi connectivity index (χ4v) is 7.68. The van der Waals surface area contributed by atoms with Gasteiger partial charge in [-0.05, 0) is 47.4 Å². The summed E-state index contributed by atoms with van der Waals surface area (Å²) in [7, 11) is -2.28. The summed E-state index contributed by atoms with van der Waals surface area (Å²) in [5, 5.41) is 0.228. The average Bonchev–Trinajstić information content (AvgIpc) is 3.25. The van der Waals surface area contributed by atoms with Crippen molar-refractivity contribution in [2.75, 3.05) is 7.11 Å². The van der Waals surface area contributed by atoms with Gasteiger partial charge in [-0.1, -0.05) is 78.0 Å². The molecule has 2 fully saturated rings. The summed E-state index contributed by atoms with van der Waals surface area (Å²) >= 11 is 0. The van der Waals surface area contributed by atoms with Gasteiger partial charge < -0.3 is 18.3 Å². The molecule has 1 heterocycles. The first kappa shape index (κ1) is 31.3. The molecule has 38 heavy (non-hydrogen) atoms. The topological polar surface area (TPSA) is 54.0 Å². The molecule has 7 heteroatoms. The highest BCUT2D eigenvalue weighted by molar-refractivity contribution is 6.74. The predicted molar refractivity (Wildman–Crippen MR) is 160 cm³/mol. The molecule has 5 nitrogen and oxygen atoms in total. The van der Waals surface area contributed by atoms with Crippen molar-refractivity contribution >= 4 is 22.6 Å². The van der Waals surface area contributed by atoms with Gasteiger partial charge in [-0.3, -0.25) is 4.79 Å². The van der Waals surface area contributed by atoms with E-state index >= 15 is 0 Å². The SMILES string of the molecule is COCc1cccc(C[C@@H](/C=C/[C@@H]2[C@H]3CC(=O)O[C@H]3C[C@H]2O[Si](C)(C)C(C)(C)C)O[Si](C)(C)C(C)(C)C)c1. The van der Waals surface area contributed by atoms with Gasteiger partial charge >= 0.3 is 5.97 Å². The lowest BCUT2D eigenvalue weighted by Crippen LogP contribution is -2.45. The van der Waals surface area contributed by atoms with Crippen LogP contribution in [0.5, 0.6) is 0 Å². The molecule has 1 aromatic carbocycles. The monoisotopic (exact) mass is 560 g/mol. The van der Waals surface area contributed by atoms with E-state index < -0.39 is 16.6 Å². The molecule has 0 bridgehead atoms. The third-order valence-corrected chi connectivity index (χ3v) is 18.4. The van der Waals surface area contributed by atoms with Gasteiger partial charge in [0.15, 0.2) is 16.6 Å². The van der Waals surface area contributed by atoms with Crippen LogP contribution in [0.2, 0.25) is 36.3 Å². The van der Waals surface area contributed by atoms with Crippen molar-refractivity contribution in [2.45, 2.75) is 122 Å². The predicted octanol–water partition coefficient (Wildman–Crippen LogP) is 7.66. The van der Waals surface area contributed by atoms with E-state index in [2.05, 4.69) is 104 Å². The van der Waals surface area contributed by atoms with Crippen LogP contribution in [-0.2, 0) is 36.1 Å². The smallest absolute Gasteiger partial charge is 0.306 e. The van der Waals surface area contributed by atoms with E-state index in [1.54, 1.807) is 7.11 Å². The lowest BCUT2D eigenvalue weighted by Gasteiger charge is -2.40. The highest BCUT2D eigenvalue weighted by Gasteiger charge is 2.52. The Morgan fingerprint density at radius 1 is 1.03 bits per heavy atom. The second-order valence-electron chi connectivity index (χ2n) is 14.4. The first-order valence-electron chi connectivity index (χ1n) is 14.2. The van der Waals surface area contributed by atoms with Gasteiger partial charge in [0.25, 0.3) is 0 Å². The number of carbonyl (C=O) groups is 1. The molecule has 5 atom stereocenters. The first-order chi connectivity index (χ1) is 17.4. The molecule has 2 aliphatic rings. The van der Waals surface area contributed by atoms with E-state index in [9.17, 15) is 4.79 Å². The highest BCUT2D eigenvalue weighted by Crippen LogP contribution is 2.47. The van der Waals surface area contributed by atoms with Crippen molar-refractivity contribution in [1.29, 1.82) is 0 Å². The third kappa shape index (κ3) is 7.48. The van der Waals surface area contributed by atoms with Crippen molar-refractivity contribution in [3.63, 3.8) is 0 Å². The standard InChI is InChI=1S/C31H52O5Si2/c1-30(2,3)37(8,9)35-24(18-22-13-12-14-23(17-22)21-33-7)15-16-25-26-19-29(32)34-27(26)20-28(25)36-38(10,11)31(4,5)6/h12-17,24-28H,18-21H2,1-11H3/b16-15+/t24-,25-,26-,27+,28-/m1/s1. The molecule has 0 spiro atoms. The molecule has 0 radical (unpaired) electrons. The van der Waals surface area contributed by atoms with Crippen LogP contribution < -0.4 is 0 Å². The van der Waals surface area contributed by atoms with E-state index in [1.807, 2.05) is 0 Å². The van der Waals surface area contributed by atoms with Crippen LogP contribution in [0, 0.1) is 11.8 Å². The Morgan fingerprint density at radius 3 is 2.26 bits per heavy atom. The van der Waals surface area contributed by atoms with Crippen LogP contribution in [0.4, 0.5) is 0 Å². The van der Waals surface area contributed by atoms with Crippen LogP contribution in [0.25, 0.3) is 0 Å². The number of methoxy groups -OCH3 is 1. The molecule has 1 aliphatic heterocycles. The number of hydrogen-bond donors (Lipinski definition) is 0. The van der Waals surface area contributed by atoms with Crippen LogP contribution in [0.15, 0.2) is 36.4 Å². The summed E-state index contributed by atoms with van der Waals surface area (Å²) in [6.07, 6.45) is 6.59. The lowest BCUT2D eigenvalue weighted by molar-refractivity contribution is -0.141. The van der Waals surface area contributed by atoms with Gasteiger partial charge in [0, 0.05) is 31.8 Å². The molecule has 214 valence electrons. The van der Waals surface area contributed by atoms with Crippen LogP contribution in [0.1, 0.15) is 65.5 Å². The zero-order valence-electron chi connectivity index (χ0n) is 25.7. The van der Waals surface area contributed by atoms with Crippen molar-refractivity contribution in [3.8, 4) is 0 Å². The number of ether oxygens (including phenoxy) is 2. The van der Waals surface area contributed by atoms with Crippen molar-refractivity contribution in [1.82, 2.24) is 0 Å². The van der Waals surface area contributed by atoms with Gasteiger partial charge in [-0.2, -0.15) is 0 Å². The molecule has 1 saturated carbocycles. The van der Waals surface area contributed by atoms with Gasteiger partial charge in [-0.25, -0.2) is 0 Å². The summed E-state index contributed by atoms with van der Waals surface area (Å²) in [6, 6.07) is 8.60. The molecular formula is C31H52O5Si2. The fraction of sp³-hybridized carbons (Fsp3) is 0.710. The zero-order valence-corrected chi connectivity index (χ0v) is 27.7. The van der Waals surface area contributed by atoms with E-state index in [0.29, 0.717) is 13.0 Å². The van der Waals surface area contributed by atoms with E-state index in [-0.39, 0.29) is 46.2 Å². The Bertz CT molecular complexity index is 989. The number of rotatable bonds is 10.